The van der Waals surface area contributed by atoms with Crippen LogP contribution in [0, 0.1) is 12.7 Å². The van der Waals surface area contributed by atoms with E-state index in [0.29, 0.717) is 18.7 Å². The molecule has 0 unspecified atom stereocenters. The van der Waals surface area contributed by atoms with Gasteiger partial charge in [0.05, 0.1) is 0 Å². The third-order valence-electron chi connectivity index (χ3n) is 5.16. The Bertz CT molecular complexity index is 839. The number of amides is 2. The van der Waals surface area contributed by atoms with Crippen molar-refractivity contribution in [2.45, 2.75) is 59.2 Å². The topological polar surface area (TPSA) is 58.6 Å². The smallest absolute Gasteiger partial charge is 0.261 e. The maximum absolute atomic E-state index is 13.1. The van der Waals surface area contributed by atoms with Crippen LogP contribution in [0.4, 0.5) is 4.39 Å². The Balaban J connectivity index is 2.21. The van der Waals surface area contributed by atoms with Gasteiger partial charge in [0.2, 0.25) is 5.91 Å². The van der Waals surface area contributed by atoms with E-state index < -0.39 is 6.04 Å². The zero-order valence-corrected chi connectivity index (χ0v) is 18.2. The summed E-state index contributed by atoms with van der Waals surface area (Å²) in [7, 11) is 0. The molecular weight excluding hydrogens is 383 g/mol. The average Bonchev–Trinajstić information content (AvgIpc) is 2.74. The molecule has 0 aromatic heterocycles. The number of ether oxygens (including phenoxy) is 1. The molecule has 0 saturated heterocycles. The Labute approximate surface area is 178 Å². The van der Waals surface area contributed by atoms with Gasteiger partial charge in [-0.05, 0) is 62.1 Å². The zero-order chi connectivity index (χ0) is 22.1. The Morgan fingerprint density at radius 2 is 1.73 bits per heavy atom. The molecule has 30 heavy (non-hydrogen) atoms. The molecule has 2 rings (SSSR count). The van der Waals surface area contributed by atoms with Gasteiger partial charge in [0.1, 0.15) is 17.6 Å². The van der Waals surface area contributed by atoms with E-state index in [4.69, 9.17) is 4.74 Å². The van der Waals surface area contributed by atoms with E-state index in [1.54, 1.807) is 4.90 Å². The molecule has 0 aliphatic rings. The molecule has 5 nitrogen and oxygen atoms in total. The third kappa shape index (κ3) is 6.58. The maximum atomic E-state index is 13.1. The minimum Gasteiger partial charge on any atom is -0.484 e. The van der Waals surface area contributed by atoms with Gasteiger partial charge in [-0.3, -0.25) is 9.59 Å². The first-order chi connectivity index (χ1) is 14.3. The number of aryl methyl sites for hydroxylation is 1. The largest absolute Gasteiger partial charge is 0.484 e. The number of benzene rings is 2. The number of hydrogen-bond donors (Lipinski definition) is 1. The van der Waals surface area contributed by atoms with Gasteiger partial charge in [-0.15, -0.1) is 0 Å². The predicted octanol–water partition coefficient (Wildman–Crippen LogP) is 4.24. The Hall–Kier alpha value is -2.89. The van der Waals surface area contributed by atoms with Crippen LogP contribution in [0.3, 0.4) is 0 Å². The quantitative estimate of drug-likeness (QED) is 0.633. The van der Waals surface area contributed by atoms with Crippen LogP contribution in [0.25, 0.3) is 0 Å². The minimum absolute atomic E-state index is 0.0254. The van der Waals surface area contributed by atoms with Crippen LogP contribution in [-0.2, 0) is 16.1 Å². The Kier molecular flexibility index (Phi) is 8.84. The summed E-state index contributed by atoms with van der Waals surface area (Å²) in [6.45, 7) is 7.89. The van der Waals surface area contributed by atoms with Crippen LogP contribution in [0.1, 0.15) is 44.7 Å². The lowest BCUT2D eigenvalue weighted by Crippen LogP contribution is -2.51. The van der Waals surface area contributed by atoms with Gasteiger partial charge in [-0.2, -0.15) is 0 Å². The van der Waals surface area contributed by atoms with Crippen LogP contribution in [0.5, 0.6) is 5.75 Å². The lowest BCUT2D eigenvalue weighted by molar-refractivity contribution is -0.143. The summed E-state index contributed by atoms with van der Waals surface area (Å²) in [6, 6.07) is 12.7. The van der Waals surface area contributed by atoms with Crippen LogP contribution < -0.4 is 10.1 Å². The summed E-state index contributed by atoms with van der Waals surface area (Å²) in [5.74, 6) is -0.440. The Morgan fingerprint density at radius 3 is 2.33 bits per heavy atom. The number of rotatable bonds is 10. The van der Waals surface area contributed by atoms with Crippen molar-refractivity contribution >= 4 is 11.8 Å². The summed E-state index contributed by atoms with van der Waals surface area (Å²) < 4.78 is 18.7. The second-order valence-corrected chi connectivity index (χ2v) is 7.43. The molecule has 162 valence electrons. The molecule has 6 heteroatoms. The molecule has 0 aliphatic carbocycles. The summed E-state index contributed by atoms with van der Waals surface area (Å²) in [4.78, 5) is 27.6. The van der Waals surface area contributed by atoms with Gasteiger partial charge in [-0.1, -0.05) is 38.1 Å². The SMILES string of the molecule is CC[C@H](C)NC(=O)[C@H](CC)N(Cc1ccccc1C)C(=O)COc1ccc(F)cc1. The standard InChI is InChI=1S/C24H31FN2O3/c1-5-18(4)26-24(29)22(6-2)27(15-19-10-8-7-9-17(19)3)23(28)16-30-21-13-11-20(25)12-14-21/h7-14,18,22H,5-6,15-16H2,1-4H3,(H,26,29)/t18-,22-/m0/s1. The van der Waals surface area contributed by atoms with Crippen molar-refractivity contribution < 1.29 is 18.7 Å². The number of halogens is 1. The first-order valence-electron chi connectivity index (χ1n) is 10.4. The van der Waals surface area contributed by atoms with E-state index in [2.05, 4.69) is 5.32 Å². The fourth-order valence-corrected chi connectivity index (χ4v) is 3.09. The van der Waals surface area contributed by atoms with Crippen molar-refractivity contribution in [2.75, 3.05) is 6.61 Å². The van der Waals surface area contributed by atoms with Crippen molar-refractivity contribution in [3.63, 3.8) is 0 Å². The number of carbonyl (C=O) groups is 2. The number of hydrogen-bond acceptors (Lipinski definition) is 3. The van der Waals surface area contributed by atoms with Crippen LogP contribution in [-0.4, -0.2) is 35.4 Å². The summed E-state index contributed by atoms with van der Waals surface area (Å²) in [5.41, 5.74) is 2.02. The zero-order valence-electron chi connectivity index (χ0n) is 18.2. The molecule has 2 aromatic carbocycles. The second-order valence-electron chi connectivity index (χ2n) is 7.43. The van der Waals surface area contributed by atoms with Crippen molar-refractivity contribution in [1.82, 2.24) is 10.2 Å². The van der Waals surface area contributed by atoms with Crippen molar-refractivity contribution in [1.29, 1.82) is 0 Å². The van der Waals surface area contributed by atoms with Crippen LogP contribution in [0.15, 0.2) is 48.5 Å². The number of carbonyl (C=O) groups excluding carboxylic acids is 2. The van der Waals surface area contributed by atoms with Gasteiger partial charge >= 0.3 is 0 Å². The molecule has 0 fully saturated rings. The predicted molar refractivity (Wildman–Crippen MR) is 116 cm³/mol. The normalized spacial score (nSPS) is 12.7. The lowest BCUT2D eigenvalue weighted by atomic mass is 10.1. The summed E-state index contributed by atoms with van der Waals surface area (Å²) in [5, 5.41) is 2.98. The molecule has 0 bridgehead atoms. The van der Waals surface area contributed by atoms with Gasteiger partial charge < -0.3 is 15.0 Å². The van der Waals surface area contributed by atoms with Crippen LogP contribution >= 0.6 is 0 Å². The highest BCUT2D eigenvalue weighted by molar-refractivity contribution is 5.88. The van der Waals surface area contributed by atoms with E-state index >= 15 is 0 Å². The summed E-state index contributed by atoms with van der Waals surface area (Å²) >= 11 is 0. The van der Waals surface area contributed by atoms with E-state index in [1.807, 2.05) is 52.0 Å². The molecule has 2 atom stereocenters. The molecule has 2 aromatic rings. The highest BCUT2D eigenvalue weighted by atomic mass is 19.1. The highest BCUT2D eigenvalue weighted by Gasteiger charge is 2.29. The fraction of sp³-hybridized carbons (Fsp3) is 0.417. The first kappa shape index (κ1) is 23.4. The molecule has 0 spiro atoms. The number of nitrogens with zero attached hydrogens (tertiary/aromatic N) is 1. The molecule has 1 N–H and O–H groups in total. The summed E-state index contributed by atoms with van der Waals surface area (Å²) in [6.07, 6.45) is 1.29. The highest BCUT2D eigenvalue weighted by Crippen LogP contribution is 2.17. The lowest BCUT2D eigenvalue weighted by Gasteiger charge is -2.31. The second kappa shape index (κ2) is 11.3. The fourth-order valence-electron chi connectivity index (χ4n) is 3.09. The van der Waals surface area contributed by atoms with Crippen molar-refractivity contribution in [3.8, 4) is 5.75 Å². The first-order valence-corrected chi connectivity index (χ1v) is 10.4. The van der Waals surface area contributed by atoms with Gasteiger partial charge in [0.15, 0.2) is 6.61 Å². The van der Waals surface area contributed by atoms with Crippen molar-refractivity contribution in [2.24, 2.45) is 0 Å². The van der Waals surface area contributed by atoms with Crippen molar-refractivity contribution in [3.05, 3.63) is 65.5 Å². The molecule has 0 saturated carbocycles. The average molecular weight is 415 g/mol. The minimum atomic E-state index is -0.608. The molecule has 0 aliphatic heterocycles. The molecule has 2 amide bonds. The number of nitrogens with one attached hydrogen (secondary N) is 1. The maximum Gasteiger partial charge on any atom is 0.261 e. The van der Waals surface area contributed by atoms with Crippen LogP contribution in [0.2, 0.25) is 0 Å². The van der Waals surface area contributed by atoms with E-state index in [-0.39, 0.29) is 30.3 Å². The van der Waals surface area contributed by atoms with Gasteiger partial charge in [-0.25, -0.2) is 4.39 Å². The molecular formula is C24H31FN2O3. The monoisotopic (exact) mass is 414 g/mol. The third-order valence-corrected chi connectivity index (χ3v) is 5.16. The van der Waals surface area contributed by atoms with E-state index in [9.17, 15) is 14.0 Å². The Morgan fingerprint density at radius 1 is 1.07 bits per heavy atom. The van der Waals surface area contributed by atoms with E-state index in [1.165, 1.54) is 24.3 Å². The molecule has 0 heterocycles. The van der Waals surface area contributed by atoms with E-state index in [0.717, 1.165) is 17.5 Å². The van der Waals surface area contributed by atoms with Gasteiger partial charge in [0.25, 0.3) is 5.91 Å². The van der Waals surface area contributed by atoms with Gasteiger partial charge in [0, 0.05) is 12.6 Å². The molecule has 0 radical (unpaired) electrons.